The van der Waals surface area contributed by atoms with Crippen molar-refractivity contribution in [2.75, 3.05) is 19.6 Å². The summed E-state index contributed by atoms with van der Waals surface area (Å²) < 4.78 is 1.71. The van der Waals surface area contributed by atoms with E-state index in [4.69, 9.17) is 9.90 Å². The van der Waals surface area contributed by atoms with E-state index in [0.717, 1.165) is 29.8 Å². The number of carbonyl (C=O) groups excluding carboxylic acids is 2. The average molecular weight is 438 g/mol. The zero-order valence-electron chi connectivity index (χ0n) is 17.9. The van der Waals surface area contributed by atoms with Gasteiger partial charge in [-0.2, -0.15) is 0 Å². The van der Waals surface area contributed by atoms with Gasteiger partial charge < -0.3 is 14.9 Å². The molecule has 2 aromatic heterocycles. The molecule has 0 aliphatic carbocycles. The van der Waals surface area contributed by atoms with Crippen molar-refractivity contribution >= 4 is 18.3 Å². The summed E-state index contributed by atoms with van der Waals surface area (Å²) >= 11 is 0. The molecule has 0 aromatic carbocycles. The number of likely N-dealkylation sites (tertiary alicyclic amines) is 1. The molecular formula is C23H26N4O5. The number of hydrogen-bond acceptors (Lipinski definition) is 5. The molecule has 0 radical (unpaired) electrons. The predicted octanol–water partition coefficient (Wildman–Crippen LogP) is 1.04. The fraction of sp³-hybridized carbons (Fsp3) is 0.435. The maximum Gasteiger partial charge on any atom is 0.290 e. The molecule has 0 saturated carbocycles. The first-order valence-electron chi connectivity index (χ1n) is 10.7. The highest BCUT2D eigenvalue weighted by atomic mass is 16.3. The highest BCUT2D eigenvalue weighted by molar-refractivity contribution is 5.82. The molecule has 2 aromatic rings. The number of carboxylic acid groups (broad SMARTS) is 1. The SMILES string of the molecule is CC(=O)N1C[C@H]2C[C@@H](C1)[C@H](C(=O)N1CCc3ncccc3C1)n1c2cccc1=O.O=CO. The van der Waals surface area contributed by atoms with Gasteiger partial charge in [0, 0.05) is 75.0 Å². The van der Waals surface area contributed by atoms with E-state index in [1.807, 2.05) is 28.0 Å². The lowest BCUT2D eigenvalue weighted by Gasteiger charge is -2.47. The van der Waals surface area contributed by atoms with E-state index in [2.05, 4.69) is 4.98 Å². The van der Waals surface area contributed by atoms with Gasteiger partial charge in [0.25, 0.3) is 12.0 Å². The van der Waals surface area contributed by atoms with Crippen LogP contribution in [0.25, 0.3) is 0 Å². The molecule has 5 rings (SSSR count). The van der Waals surface area contributed by atoms with Gasteiger partial charge in [-0.25, -0.2) is 0 Å². The second-order valence-corrected chi connectivity index (χ2v) is 8.44. The quantitative estimate of drug-likeness (QED) is 0.666. The van der Waals surface area contributed by atoms with E-state index >= 15 is 0 Å². The Kier molecular flexibility index (Phi) is 6.07. The van der Waals surface area contributed by atoms with Crippen LogP contribution in [0.2, 0.25) is 0 Å². The molecule has 5 heterocycles. The van der Waals surface area contributed by atoms with Gasteiger partial charge in [-0.3, -0.25) is 28.7 Å². The third-order valence-corrected chi connectivity index (χ3v) is 6.62. The fourth-order valence-electron chi connectivity index (χ4n) is 5.25. The normalized spacial score (nSPS) is 23.2. The Morgan fingerprint density at radius 2 is 1.94 bits per heavy atom. The molecule has 168 valence electrons. The molecule has 3 aliphatic heterocycles. The van der Waals surface area contributed by atoms with Crippen molar-refractivity contribution in [3.8, 4) is 0 Å². The molecule has 1 fully saturated rings. The van der Waals surface area contributed by atoms with Gasteiger partial charge in [0.2, 0.25) is 11.8 Å². The van der Waals surface area contributed by atoms with Crippen molar-refractivity contribution in [2.24, 2.45) is 5.92 Å². The average Bonchev–Trinajstić information content (AvgIpc) is 2.79. The van der Waals surface area contributed by atoms with Crippen LogP contribution in [-0.4, -0.2) is 62.4 Å². The molecular weight excluding hydrogens is 412 g/mol. The number of carbonyl (C=O) groups is 3. The molecule has 9 heteroatoms. The maximum absolute atomic E-state index is 13.7. The highest BCUT2D eigenvalue weighted by Crippen LogP contribution is 2.42. The molecule has 1 N–H and O–H groups in total. The van der Waals surface area contributed by atoms with Crippen LogP contribution in [0.5, 0.6) is 0 Å². The van der Waals surface area contributed by atoms with Crippen molar-refractivity contribution < 1.29 is 19.5 Å². The number of rotatable bonds is 1. The van der Waals surface area contributed by atoms with Gasteiger partial charge >= 0.3 is 0 Å². The second-order valence-electron chi connectivity index (χ2n) is 8.44. The Hall–Kier alpha value is -3.49. The highest BCUT2D eigenvalue weighted by Gasteiger charge is 2.45. The van der Waals surface area contributed by atoms with Crippen molar-refractivity contribution in [3.63, 3.8) is 0 Å². The summed E-state index contributed by atoms with van der Waals surface area (Å²) in [4.78, 5) is 55.0. The van der Waals surface area contributed by atoms with Crippen LogP contribution in [0, 0.1) is 5.92 Å². The van der Waals surface area contributed by atoms with Gasteiger partial charge in [0.05, 0.1) is 0 Å². The first-order chi connectivity index (χ1) is 15.4. The summed E-state index contributed by atoms with van der Waals surface area (Å²) in [5.74, 6) is 0.0495. The van der Waals surface area contributed by atoms with Crippen LogP contribution in [0.4, 0.5) is 0 Å². The van der Waals surface area contributed by atoms with Crippen LogP contribution in [-0.2, 0) is 27.3 Å². The molecule has 32 heavy (non-hydrogen) atoms. The fourth-order valence-corrected chi connectivity index (χ4v) is 5.25. The van der Waals surface area contributed by atoms with Gasteiger partial charge in [-0.05, 0) is 24.1 Å². The zero-order valence-corrected chi connectivity index (χ0v) is 17.9. The predicted molar refractivity (Wildman–Crippen MR) is 115 cm³/mol. The molecule has 3 aliphatic rings. The van der Waals surface area contributed by atoms with Gasteiger partial charge in [-0.1, -0.05) is 12.1 Å². The first-order valence-corrected chi connectivity index (χ1v) is 10.7. The van der Waals surface area contributed by atoms with Crippen molar-refractivity contribution in [1.29, 1.82) is 0 Å². The summed E-state index contributed by atoms with van der Waals surface area (Å²) in [5.41, 5.74) is 2.84. The van der Waals surface area contributed by atoms with Crippen LogP contribution >= 0.6 is 0 Å². The molecule has 3 atom stereocenters. The molecule has 2 bridgehead atoms. The lowest BCUT2D eigenvalue weighted by molar-refractivity contribution is -0.142. The maximum atomic E-state index is 13.7. The topological polar surface area (TPSA) is 113 Å². The van der Waals surface area contributed by atoms with Gasteiger partial charge in [0.15, 0.2) is 0 Å². The molecule has 0 unspecified atom stereocenters. The molecule has 0 spiro atoms. The number of fused-ring (bicyclic) bond motifs is 5. The Morgan fingerprint density at radius 3 is 2.69 bits per heavy atom. The third kappa shape index (κ3) is 3.90. The Morgan fingerprint density at radius 1 is 1.16 bits per heavy atom. The van der Waals surface area contributed by atoms with Crippen LogP contribution in [0.3, 0.4) is 0 Å². The minimum absolute atomic E-state index is 0.0237. The Bertz CT molecular complexity index is 1100. The molecule has 9 nitrogen and oxygen atoms in total. The summed E-state index contributed by atoms with van der Waals surface area (Å²) in [5, 5.41) is 6.89. The standard InChI is InChI=1S/C22H24N4O3.CH2O2/c1-14(27)25-12-16-10-17(13-25)21(26-19(16)5-2-6-20(26)28)22(29)24-9-7-18-15(11-24)4-3-8-23-18;2-1-3/h2-6,8,16-17,21H,7,9-13H2,1H3;1H,(H,2,3)/t16-,17+,21-;/m1./s1. The minimum Gasteiger partial charge on any atom is -0.483 e. The van der Waals surface area contributed by atoms with Gasteiger partial charge in [0.1, 0.15) is 6.04 Å². The molecule has 2 amide bonds. The number of nitrogens with zero attached hydrogens (tertiary/aromatic N) is 4. The third-order valence-electron chi connectivity index (χ3n) is 6.62. The lowest BCUT2D eigenvalue weighted by atomic mass is 9.77. The Labute approximate surface area is 185 Å². The summed E-state index contributed by atoms with van der Waals surface area (Å²) in [6, 6.07) is 8.56. The largest absolute Gasteiger partial charge is 0.483 e. The smallest absolute Gasteiger partial charge is 0.290 e. The summed E-state index contributed by atoms with van der Waals surface area (Å²) in [7, 11) is 0. The van der Waals surface area contributed by atoms with Gasteiger partial charge in [-0.15, -0.1) is 0 Å². The number of aromatic nitrogens is 2. The summed E-state index contributed by atoms with van der Waals surface area (Å²) in [6.45, 7) is 3.57. The van der Waals surface area contributed by atoms with Crippen LogP contribution < -0.4 is 5.56 Å². The zero-order chi connectivity index (χ0) is 22.8. The molecule has 1 saturated heterocycles. The number of pyridine rings is 2. The number of hydrogen-bond donors (Lipinski definition) is 1. The van der Waals surface area contributed by atoms with E-state index in [1.165, 1.54) is 6.07 Å². The second kappa shape index (κ2) is 8.94. The minimum atomic E-state index is -0.560. The van der Waals surface area contributed by atoms with E-state index in [9.17, 15) is 14.4 Å². The van der Waals surface area contributed by atoms with E-state index in [1.54, 1.807) is 23.8 Å². The van der Waals surface area contributed by atoms with E-state index in [-0.39, 0.29) is 35.7 Å². The Balaban J connectivity index is 0.000000775. The van der Waals surface area contributed by atoms with Crippen molar-refractivity contribution in [1.82, 2.24) is 19.4 Å². The van der Waals surface area contributed by atoms with Crippen molar-refractivity contribution in [3.05, 3.63) is 63.8 Å². The van der Waals surface area contributed by atoms with E-state index in [0.29, 0.717) is 26.2 Å². The first kappa shape index (κ1) is 21.7. The van der Waals surface area contributed by atoms with Crippen LogP contribution in [0.15, 0.2) is 41.3 Å². The van der Waals surface area contributed by atoms with Crippen LogP contribution in [0.1, 0.15) is 42.3 Å². The number of piperidine rings is 1. The monoisotopic (exact) mass is 438 g/mol. The number of amides is 2. The summed E-state index contributed by atoms with van der Waals surface area (Å²) in [6.07, 6.45) is 3.33. The lowest BCUT2D eigenvalue weighted by Crippen LogP contribution is -2.55. The van der Waals surface area contributed by atoms with E-state index < -0.39 is 6.04 Å². The van der Waals surface area contributed by atoms with Crippen molar-refractivity contribution in [2.45, 2.75) is 38.3 Å².